The Balaban J connectivity index is 1.93. The van der Waals surface area contributed by atoms with Gasteiger partial charge in [0, 0.05) is 12.6 Å². The van der Waals surface area contributed by atoms with Gasteiger partial charge in [-0.25, -0.2) is 0 Å². The first-order valence-corrected chi connectivity index (χ1v) is 5.22. The summed E-state index contributed by atoms with van der Waals surface area (Å²) in [6.07, 6.45) is 2.28. The van der Waals surface area contributed by atoms with Gasteiger partial charge < -0.3 is 10.0 Å². The molecule has 1 N–H and O–H groups in total. The number of hydrogen-bond acceptors (Lipinski definition) is 2. The molecule has 4 heteroatoms. The van der Waals surface area contributed by atoms with E-state index in [2.05, 4.69) is 15.9 Å². The monoisotopic (exact) mass is 233 g/mol. The summed E-state index contributed by atoms with van der Waals surface area (Å²) in [5.41, 5.74) is 0. The van der Waals surface area contributed by atoms with Crippen LogP contribution in [0.2, 0.25) is 0 Å². The minimum absolute atomic E-state index is 0.0234. The van der Waals surface area contributed by atoms with Crippen molar-refractivity contribution in [2.45, 2.75) is 36.2 Å². The predicted molar refractivity (Wildman–Crippen MR) is 48.1 cm³/mol. The van der Waals surface area contributed by atoms with E-state index in [-0.39, 0.29) is 16.8 Å². The lowest BCUT2D eigenvalue weighted by Crippen LogP contribution is -2.48. The smallest absolute Gasteiger partial charge is 0.236 e. The van der Waals surface area contributed by atoms with Gasteiger partial charge in [0.05, 0.1) is 10.9 Å². The van der Waals surface area contributed by atoms with E-state index >= 15 is 0 Å². The fourth-order valence-corrected chi connectivity index (χ4v) is 2.31. The van der Waals surface area contributed by atoms with Gasteiger partial charge in [0.2, 0.25) is 5.91 Å². The molecule has 0 aromatic carbocycles. The van der Waals surface area contributed by atoms with Gasteiger partial charge in [-0.3, -0.25) is 4.79 Å². The number of aliphatic hydroxyl groups excluding tert-OH is 1. The molecule has 1 aliphatic heterocycles. The highest BCUT2D eigenvalue weighted by Crippen LogP contribution is 2.30. The minimum atomic E-state index is -0.169. The number of aliphatic hydroxyl groups is 1. The molecule has 2 aliphatic rings. The SMILES string of the molecule is O=C1C(Br)CCN1C1CC(O)C1. The van der Waals surface area contributed by atoms with Gasteiger partial charge in [-0.2, -0.15) is 0 Å². The highest BCUT2D eigenvalue weighted by Gasteiger charge is 2.40. The average molecular weight is 234 g/mol. The number of hydrogen-bond donors (Lipinski definition) is 1. The third-order valence-electron chi connectivity index (χ3n) is 2.70. The van der Waals surface area contributed by atoms with Crippen molar-refractivity contribution in [3.05, 3.63) is 0 Å². The number of alkyl halides is 1. The fourth-order valence-electron chi connectivity index (χ4n) is 1.84. The Morgan fingerprint density at radius 1 is 1.50 bits per heavy atom. The summed E-state index contributed by atoms with van der Waals surface area (Å²) in [5.74, 6) is 0.201. The lowest BCUT2D eigenvalue weighted by atomic mass is 9.88. The lowest BCUT2D eigenvalue weighted by molar-refractivity contribution is -0.132. The van der Waals surface area contributed by atoms with Crippen LogP contribution in [0.1, 0.15) is 19.3 Å². The van der Waals surface area contributed by atoms with E-state index in [1.807, 2.05) is 4.90 Å². The third kappa shape index (κ3) is 1.27. The first kappa shape index (κ1) is 8.51. The number of rotatable bonds is 1. The molecule has 1 saturated heterocycles. The Morgan fingerprint density at radius 2 is 2.17 bits per heavy atom. The largest absolute Gasteiger partial charge is 0.393 e. The van der Waals surface area contributed by atoms with Gasteiger partial charge in [-0.15, -0.1) is 0 Å². The van der Waals surface area contributed by atoms with Crippen LogP contribution in [0.3, 0.4) is 0 Å². The molecular formula is C8H12BrNO2. The molecule has 1 amide bonds. The molecule has 2 rings (SSSR count). The van der Waals surface area contributed by atoms with Crippen molar-refractivity contribution in [3.8, 4) is 0 Å². The van der Waals surface area contributed by atoms with Gasteiger partial charge >= 0.3 is 0 Å². The molecule has 0 aromatic rings. The Morgan fingerprint density at radius 3 is 2.58 bits per heavy atom. The summed E-state index contributed by atoms with van der Waals surface area (Å²) in [7, 11) is 0. The fraction of sp³-hybridized carbons (Fsp3) is 0.875. The van der Waals surface area contributed by atoms with Gasteiger partial charge in [-0.1, -0.05) is 15.9 Å². The summed E-state index contributed by atoms with van der Waals surface area (Å²) in [6, 6.07) is 0.315. The van der Waals surface area contributed by atoms with Crippen LogP contribution in [-0.2, 0) is 4.79 Å². The first-order valence-electron chi connectivity index (χ1n) is 4.31. The second-order valence-corrected chi connectivity index (χ2v) is 4.67. The number of halogens is 1. The number of carbonyl (C=O) groups excluding carboxylic acids is 1. The van der Waals surface area contributed by atoms with Crippen LogP contribution in [-0.4, -0.2) is 39.4 Å². The summed E-state index contributed by atoms with van der Waals surface area (Å²) < 4.78 is 0. The van der Waals surface area contributed by atoms with Gasteiger partial charge in [-0.05, 0) is 19.3 Å². The summed E-state index contributed by atoms with van der Waals surface area (Å²) in [6.45, 7) is 0.853. The number of likely N-dealkylation sites (tertiary alicyclic amines) is 1. The highest BCUT2D eigenvalue weighted by atomic mass is 79.9. The molecule has 0 radical (unpaired) electrons. The van der Waals surface area contributed by atoms with Crippen molar-refractivity contribution < 1.29 is 9.90 Å². The second-order valence-electron chi connectivity index (χ2n) is 3.57. The maximum atomic E-state index is 11.4. The Kier molecular flexibility index (Phi) is 2.12. The molecule has 1 heterocycles. The highest BCUT2D eigenvalue weighted by molar-refractivity contribution is 9.10. The molecule has 3 nitrogen and oxygen atoms in total. The lowest BCUT2D eigenvalue weighted by Gasteiger charge is -2.38. The van der Waals surface area contributed by atoms with Crippen LogP contribution in [0.4, 0.5) is 0 Å². The molecule has 2 fully saturated rings. The zero-order valence-electron chi connectivity index (χ0n) is 6.74. The normalized spacial score (nSPS) is 41.7. The van der Waals surface area contributed by atoms with E-state index in [1.54, 1.807) is 0 Å². The van der Waals surface area contributed by atoms with E-state index in [9.17, 15) is 4.79 Å². The van der Waals surface area contributed by atoms with Gasteiger partial charge in [0.15, 0.2) is 0 Å². The predicted octanol–water partition coefficient (Wildman–Crippen LogP) is 0.506. The van der Waals surface area contributed by atoms with Crippen molar-refractivity contribution in [2.75, 3.05) is 6.54 Å². The van der Waals surface area contributed by atoms with Crippen molar-refractivity contribution in [1.29, 1.82) is 0 Å². The van der Waals surface area contributed by atoms with Crippen LogP contribution in [0.15, 0.2) is 0 Å². The zero-order valence-corrected chi connectivity index (χ0v) is 8.33. The topological polar surface area (TPSA) is 40.5 Å². The number of carbonyl (C=O) groups is 1. The van der Waals surface area contributed by atoms with Crippen LogP contribution in [0, 0.1) is 0 Å². The number of nitrogens with zero attached hydrogens (tertiary/aromatic N) is 1. The summed E-state index contributed by atoms with van der Waals surface area (Å²) in [4.78, 5) is 13.4. The Labute approximate surface area is 79.9 Å². The minimum Gasteiger partial charge on any atom is -0.393 e. The van der Waals surface area contributed by atoms with Crippen LogP contribution in [0.5, 0.6) is 0 Å². The Hall–Kier alpha value is -0.0900. The van der Waals surface area contributed by atoms with Crippen molar-refractivity contribution >= 4 is 21.8 Å². The summed E-state index contributed by atoms with van der Waals surface area (Å²) in [5, 5.41) is 9.08. The van der Waals surface area contributed by atoms with E-state index in [4.69, 9.17) is 5.11 Å². The molecule has 1 aliphatic carbocycles. The van der Waals surface area contributed by atoms with E-state index < -0.39 is 0 Å². The molecule has 0 spiro atoms. The zero-order chi connectivity index (χ0) is 8.72. The van der Waals surface area contributed by atoms with Crippen LogP contribution < -0.4 is 0 Å². The Bertz CT molecular complexity index is 203. The molecular weight excluding hydrogens is 222 g/mol. The third-order valence-corrected chi connectivity index (χ3v) is 3.55. The molecule has 0 bridgehead atoms. The van der Waals surface area contributed by atoms with Crippen LogP contribution in [0.25, 0.3) is 0 Å². The molecule has 68 valence electrons. The van der Waals surface area contributed by atoms with E-state index in [0.29, 0.717) is 6.04 Å². The number of amides is 1. The molecule has 1 atom stereocenters. The van der Waals surface area contributed by atoms with Gasteiger partial charge in [0.25, 0.3) is 0 Å². The van der Waals surface area contributed by atoms with Crippen molar-refractivity contribution in [3.63, 3.8) is 0 Å². The maximum Gasteiger partial charge on any atom is 0.236 e. The first-order chi connectivity index (χ1) is 5.68. The standard InChI is InChI=1S/C8H12BrNO2/c9-7-1-2-10(8(7)12)5-3-6(11)4-5/h5-7,11H,1-4H2. The van der Waals surface area contributed by atoms with E-state index in [0.717, 1.165) is 25.8 Å². The molecule has 1 unspecified atom stereocenters. The second kappa shape index (κ2) is 3.00. The van der Waals surface area contributed by atoms with E-state index in [1.165, 1.54) is 0 Å². The van der Waals surface area contributed by atoms with Crippen molar-refractivity contribution in [2.24, 2.45) is 0 Å². The average Bonchev–Trinajstić information content (AvgIpc) is 2.28. The quantitative estimate of drug-likeness (QED) is 0.671. The van der Waals surface area contributed by atoms with Crippen molar-refractivity contribution in [1.82, 2.24) is 4.90 Å². The van der Waals surface area contributed by atoms with Crippen LogP contribution >= 0.6 is 15.9 Å². The van der Waals surface area contributed by atoms with Gasteiger partial charge in [0.1, 0.15) is 0 Å². The maximum absolute atomic E-state index is 11.4. The molecule has 1 saturated carbocycles. The molecule has 12 heavy (non-hydrogen) atoms. The molecule has 0 aromatic heterocycles. The summed E-state index contributed by atoms with van der Waals surface area (Å²) >= 11 is 3.33.